The van der Waals surface area contributed by atoms with E-state index in [9.17, 15) is 0 Å². The molecule has 0 aliphatic carbocycles. The Labute approximate surface area is 99.1 Å². The summed E-state index contributed by atoms with van der Waals surface area (Å²) in [5.74, 6) is 0. The van der Waals surface area contributed by atoms with Crippen molar-refractivity contribution in [2.75, 3.05) is 0 Å². The molecule has 0 fully saturated rings. The highest BCUT2D eigenvalue weighted by Gasteiger charge is 2.24. The van der Waals surface area contributed by atoms with Crippen molar-refractivity contribution < 1.29 is 14.7 Å². The Balaban J connectivity index is 3.31. The number of halogens is 3. The van der Waals surface area contributed by atoms with Gasteiger partial charge in [0.05, 0.1) is 10.0 Å². The van der Waals surface area contributed by atoms with Crippen LogP contribution in [-0.2, 0) is 10.9 Å². The molecule has 0 atom stereocenters. The topological polar surface area (TPSA) is 60.7 Å². The van der Waals surface area contributed by atoms with Gasteiger partial charge >= 0.3 is 6.72 Å². The molecule has 0 aliphatic rings. The van der Waals surface area contributed by atoms with Crippen molar-refractivity contribution in [2.24, 2.45) is 0 Å². The minimum atomic E-state index is -3.97. The van der Waals surface area contributed by atoms with E-state index >= 15 is 0 Å². The van der Waals surface area contributed by atoms with Gasteiger partial charge in [0.25, 0.3) is 15.8 Å². The molecule has 1 aromatic carbocycles. The fourth-order valence-corrected chi connectivity index (χ4v) is 3.42. The first-order chi connectivity index (χ1) is 6.29. The zero-order valence-corrected chi connectivity index (χ0v) is 10.5. The van der Waals surface area contributed by atoms with Gasteiger partial charge in [0.15, 0.2) is 0 Å². The van der Waals surface area contributed by atoms with Gasteiger partial charge in [-0.2, -0.15) is 0 Å². The van der Waals surface area contributed by atoms with Crippen molar-refractivity contribution in [3.05, 3.63) is 27.2 Å². The Morgan fingerprint density at radius 1 is 0.929 bits per heavy atom. The lowest BCUT2D eigenvalue weighted by Gasteiger charge is -1.95. The molecular weight excluding hydrogens is 289 g/mol. The lowest BCUT2D eigenvalue weighted by Crippen LogP contribution is -1.82. The van der Waals surface area contributed by atoms with Crippen molar-refractivity contribution in [1.29, 1.82) is 0 Å². The third kappa shape index (κ3) is 3.65. The Kier molecular flexibility index (Phi) is 4.21. The lowest BCUT2D eigenvalue weighted by atomic mass is 10.4. The summed E-state index contributed by atoms with van der Waals surface area (Å²) in [6.07, 6.45) is 0. The highest BCUT2D eigenvalue weighted by molar-refractivity contribution is 8.16. The molecule has 14 heavy (non-hydrogen) atoms. The van der Waals surface area contributed by atoms with Crippen molar-refractivity contribution in [3.8, 4) is 0 Å². The van der Waals surface area contributed by atoms with Crippen LogP contribution in [0.5, 0.6) is 0 Å². The summed E-state index contributed by atoms with van der Waals surface area (Å²) in [4.78, 5) is 26.7. The normalized spacial score (nSPS) is 11.6. The largest absolute Gasteiger partial charge is 0.521 e. The number of benzene rings is 1. The average molecular weight is 295 g/mol. The Bertz CT molecular complexity index is 409. The predicted octanol–water partition coefficient (Wildman–Crippen LogP) is 2.74. The fourth-order valence-electron chi connectivity index (χ4n) is 0.706. The Morgan fingerprint density at radius 2 is 1.43 bits per heavy atom. The van der Waals surface area contributed by atoms with Crippen molar-refractivity contribution in [1.82, 2.24) is 0 Å². The standard InChI is InChI=1S/C6H5Cl3O3PS/c7-3-1-5(9)6(2-4(3)8)14-13(10,11)12/h1-2,10-12H/q+1. The van der Waals surface area contributed by atoms with Gasteiger partial charge in [-0.05, 0) is 6.07 Å². The van der Waals surface area contributed by atoms with Gasteiger partial charge in [0.2, 0.25) is 0 Å². The minimum Gasteiger partial charge on any atom is -0.289 e. The first kappa shape index (κ1) is 12.7. The number of rotatable bonds is 1. The van der Waals surface area contributed by atoms with E-state index in [-0.39, 0.29) is 20.0 Å². The van der Waals surface area contributed by atoms with Crippen LogP contribution in [0, 0.1) is 0 Å². The van der Waals surface area contributed by atoms with Gasteiger partial charge < -0.3 is 0 Å². The van der Waals surface area contributed by atoms with Crippen molar-refractivity contribution in [3.63, 3.8) is 0 Å². The number of hydrogen-bond donors (Lipinski definition) is 3. The highest BCUT2D eigenvalue weighted by Crippen LogP contribution is 2.37. The van der Waals surface area contributed by atoms with Gasteiger partial charge in [-0.25, -0.2) is 0 Å². The van der Waals surface area contributed by atoms with Gasteiger partial charge in [0, 0.05) is 6.07 Å². The van der Waals surface area contributed by atoms with E-state index in [1.165, 1.54) is 12.1 Å². The second kappa shape index (κ2) is 4.64. The van der Waals surface area contributed by atoms with Crippen LogP contribution in [0.1, 0.15) is 0 Å². The second-order valence-electron chi connectivity index (χ2n) is 2.30. The molecule has 0 aromatic heterocycles. The van der Waals surface area contributed by atoms with E-state index in [1.54, 1.807) is 0 Å². The quantitative estimate of drug-likeness (QED) is 0.424. The van der Waals surface area contributed by atoms with Gasteiger partial charge in [0.1, 0.15) is 5.02 Å². The molecule has 0 heterocycles. The molecule has 0 saturated heterocycles. The third-order valence-corrected chi connectivity index (χ3v) is 4.45. The molecule has 1 aromatic rings. The van der Waals surface area contributed by atoms with Crippen LogP contribution in [-0.4, -0.2) is 14.7 Å². The molecular formula is C6H5Cl3O3PS+. The maximum atomic E-state index is 8.81. The lowest BCUT2D eigenvalue weighted by molar-refractivity contribution is 0.363. The molecule has 0 unspecified atom stereocenters. The minimum absolute atomic E-state index is 0.200. The van der Waals surface area contributed by atoms with E-state index in [4.69, 9.17) is 49.5 Å². The summed E-state index contributed by atoms with van der Waals surface area (Å²) < 4.78 is 0. The van der Waals surface area contributed by atoms with Crippen LogP contribution in [0.3, 0.4) is 0 Å². The zero-order valence-electron chi connectivity index (χ0n) is 6.49. The van der Waals surface area contributed by atoms with Gasteiger partial charge in [-0.15, -0.1) is 0 Å². The second-order valence-corrected chi connectivity index (χ2v) is 7.19. The van der Waals surface area contributed by atoms with E-state index in [0.29, 0.717) is 10.9 Å². The zero-order chi connectivity index (χ0) is 10.9. The molecule has 1 rings (SSSR count). The molecule has 0 saturated carbocycles. The summed E-state index contributed by atoms with van der Waals surface area (Å²) in [7, 11) is 0.453. The average Bonchev–Trinajstić information content (AvgIpc) is 1.97. The fraction of sp³-hybridized carbons (Fsp3) is 0. The molecule has 0 radical (unpaired) electrons. The van der Waals surface area contributed by atoms with E-state index in [2.05, 4.69) is 0 Å². The SMILES string of the molecule is OP(O)(O)=[S+]c1cc(Cl)c(Cl)cc1Cl. The maximum absolute atomic E-state index is 8.81. The maximum Gasteiger partial charge on any atom is 0.521 e. The van der Waals surface area contributed by atoms with E-state index in [1.807, 2.05) is 0 Å². The van der Waals surface area contributed by atoms with Gasteiger partial charge in [-0.1, -0.05) is 34.8 Å². The van der Waals surface area contributed by atoms with Crippen molar-refractivity contribution in [2.45, 2.75) is 4.90 Å². The third-order valence-electron chi connectivity index (χ3n) is 1.20. The molecule has 78 valence electrons. The molecule has 0 bridgehead atoms. The summed E-state index contributed by atoms with van der Waals surface area (Å²) in [5.41, 5.74) is 0. The van der Waals surface area contributed by atoms with Crippen LogP contribution < -0.4 is 0 Å². The Morgan fingerprint density at radius 3 is 1.93 bits per heavy atom. The molecule has 0 spiro atoms. The number of hydrogen-bond acceptors (Lipinski definition) is 0. The van der Waals surface area contributed by atoms with Gasteiger partial charge in [-0.3, -0.25) is 14.7 Å². The first-order valence-electron chi connectivity index (χ1n) is 3.21. The van der Waals surface area contributed by atoms with Crippen LogP contribution in [0.25, 0.3) is 0 Å². The van der Waals surface area contributed by atoms with Crippen LogP contribution in [0.4, 0.5) is 0 Å². The summed E-state index contributed by atoms with van der Waals surface area (Å²) in [5, 5.41) is 0.691. The monoisotopic (exact) mass is 293 g/mol. The molecule has 8 heteroatoms. The smallest absolute Gasteiger partial charge is 0.289 e. The predicted molar refractivity (Wildman–Crippen MR) is 60.7 cm³/mol. The van der Waals surface area contributed by atoms with E-state index in [0.717, 1.165) is 0 Å². The van der Waals surface area contributed by atoms with Crippen LogP contribution in [0.15, 0.2) is 17.0 Å². The highest BCUT2D eigenvalue weighted by atomic mass is 35.5. The summed E-state index contributed by atoms with van der Waals surface area (Å²) >= 11 is 17.1. The summed E-state index contributed by atoms with van der Waals surface area (Å²) in [6, 6.07) is 2.72. The molecule has 0 amide bonds. The molecule has 3 N–H and O–H groups in total. The van der Waals surface area contributed by atoms with E-state index < -0.39 is 6.72 Å². The van der Waals surface area contributed by atoms with Crippen LogP contribution >= 0.6 is 41.5 Å². The first-order valence-corrected chi connectivity index (χ1v) is 7.41. The van der Waals surface area contributed by atoms with Crippen molar-refractivity contribution >= 4 is 52.5 Å². The molecule has 3 nitrogen and oxygen atoms in total. The Hall–Kier alpha value is 0.620. The summed E-state index contributed by atoms with van der Waals surface area (Å²) in [6.45, 7) is -3.97. The molecule has 0 aliphatic heterocycles. The van der Waals surface area contributed by atoms with Crippen LogP contribution in [0.2, 0.25) is 15.1 Å².